The summed E-state index contributed by atoms with van der Waals surface area (Å²) in [6.07, 6.45) is 1.43. The van der Waals surface area contributed by atoms with Crippen LogP contribution in [0, 0.1) is 0 Å². The van der Waals surface area contributed by atoms with Gasteiger partial charge in [0.1, 0.15) is 0 Å². The van der Waals surface area contributed by atoms with Gasteiger partial charge < -0.3 is 0 Å². The lowest BCUT2D eigenvalue weighted by atomic mass is 10.6. The van der Waals surface area contributed by atoms with Crippen LogP contribution in [-0.4, -0.2) is 19.3 Å². The Morgan fingerprint density at radius 3 is 2.00 bits per heavy atom. The van der Waals surface area contributed by atoms with E-state index in [2.05, 4.69) is 22.4 Å². The van der Waals surface area contributed by atoms with E-state index in [-0.39, 0.29) is 0 Å². The number of hydrogen-bond acceptors (Lipinski definition) is 2. The van der Waals surface area contributed by atoms with Crippen LogP contribution in [0.2, 0.25) is 0 Å². The normalized spacial score (nSPS) is 24.0. The average molecular weight is 134 g/mol. The SMILES string of the molecule is C1CS[Si]SC1. The Balaban J connectivity index is 2.00. The van der Waals surface area contributed by atoms with Crippen molar-refractivity contribution in [2.45, 2.75) is 6.42 Å². The van der Waals surface area contributed by atoms with E-state index in [9.17, 15) is 0 Å². The second kappa shape index (κ2) is 2.99. The molecule has 34 valence electrons. The Morgan fingerprint density at radius 1 is 1.17 bits per heavy atom. The Hall–Kier alpha value is 0.917. The molecule has 0 amide bonds. The van der Waals surface area contributed by atoms with Gasteiger partial charge in [0.15, 0.2) is 0 Å². The molecule has 0 aromatic carbocycles. The van der Waals surface area contributed by atoms with Crippen molar-refractivity contribution in [3.05, 3.63) is 0 Å². The van der Waals surface area contributed by atoms with Crippen LogP contribution in [0.5, 0.6) is 0 Å². The third kappa shape index (κ3) is 1.58. The topological polar surface area (TPSA) is 0 Å². The zero-order valence-corrected chi connectivity index (χ0v) is 6.07. The zero-order valence-electron chi connectivity index (χ0n) is 3.44. The Kier molecular flexibility index (Phi) is 2.52. The largest absolute Gasteiger partial charge is 0.201 e. The molecule has 0 N–H and O–H groups in total. The monoisotopic (exact) mass is 134 g/mol. The van der Waals surface area contributed by atoms with Crippen molar-refractivity contribution >= 4 is 30.2 Å². The van der Waals surface area contributed by atoms with Crippen LogP contribution in [0.1, 0.15) is 6.42 Å². The van der Waals surface area contributed by atoms with Crippen LogP contribution >= 0.6 is 22.4 Å². The third-order valence-electron chi connectivity index (χ3n) is 0.611. The first-order valence-electron chi connectivity index (χ1n) is 1.99. The molecule has 0 aromatic heterocycles. The Labute approximate surface area is 48.6 Å². The molecular formula is C3H6S2Si. The Bertz CT molecular complexity index is 24.3. The molecule has 0 aliphatic carbocycles. The molecule has 2 radical (unpaired) electrons. The lowest BCUT2D eigenvalue weighted by Crippen LogP contribution is -1.93. The van der Waals surface area contributed by atoms with Crippen molar-refractivity contribution < 1.29 is 0 Å². The van der Waals surface area contributed by atoms with Gasteiger partial charge in [0.2, 0.25) is 7.82 Å². The zero-order chi connectivity index (χ0) is 4.24. The van der Waals surface area contributed by atoms with Gasteiger partial charge in [-0.15, -0.1) is 0 Å². The van der Waals surface area contributed by atoms with Crippen LogP contribution in [-0.2, 0) is 0 Å². The van der Waals surface area contributed by atoms with Crippen LogP contribution in [0.25, 0.3) is 0 Å². The summed E-state index contributed by atoms with van der Waals surface area (Å²) in [5.74, 6) is 2.82. The average Bonchev–Trinajstić information content (AvgIpc) is 1.72. The van der Waals surface area contributed by atoms with Crippen LogP contribution < -0.4 is 0 Å². The van der Waals surface area contributed by atoms with E-state index in [1.807, 2.05) is 0 Å². The number of rotatable bonds is 0. The van der Waals surface area contributed by atoms with Gasteiger partial charge in [-0.1, -0.05) is 0 Å². The van der Waals surface area contributed by atoms with E-state index in [0.717, 1.165) is 7.82 Å². The highest BCUT2D eigenvalue weighted by molar-refractivity contribution is 8.50. The second-order valence-corrected chi connectivity index (χ2v) is 6.43. The minimum Gasteiger partial charge on any atom is -0.175 e. The second-order valence-electron chi connectivity index (χ2n) is 1.13. The lowest BCUT2D eigenvalue weighted by molar-refractivity contribution is 1.13. The maximum Gasteiger partial charge on any atom is 0.201 e. The summed E-state index contributed by atoms with van der Waals surface area (Å²) in [4.78, 5) is 0. The third-order valence-corrected chi connectivity index (χ3v) is 5.89. The maximum absolute atomic E-state index is 2.09. The highest BCUT2D eigenvalue weighted by atomic mass is 32.6. The van der Waals surface area contributed by atoms with Gasteiger partial charge in [-0.3, -0.25) is 0 Å². The first-order chi connectivity index (χ1) is 3.00. The van der Waals surface area contributed by atoms with E-state index < -0.39 is 0 Å². The van der Waals surface area contributed by atoms with E-state index >= 15 is 0 Å². The van der Waals surface area contributed by atoms with Gasteiger partial charge in [0.25, 0.3) is 0 Å². The van der Waals surface area contributed by atoms with Gasteiger partial charge in [-0.05, 0) is 17.9 Å². The fourth-order valence-corrected chi connectivity index (χ4v) is 5.20. The van der Waals surface area contributed by atoms with Crippen molar-refractivity contribution in [3.63, 3.8) is 0 Å². The van der Waals surface area contributed by atoms with E-state index in [1.165, 1.54) is 17.9 Å². The van der Waals surface area contributed by atoms with Crippen LogP contribution in [0.4, 0.5) is 0 Å². The van der Waals surface area contributed by atoms with Crippen molar-refractivity contribution in [1.29, 1.82) is 0 Å². The highest BCUT2D eigenvalue weighted by Gasteiger charge is 1.97. The molecule has 0 nitrogen and oxygen atoms in total. The number of hydrogen-bond donors (Lipinski definition) is 0. The van der Waals surface area contributed by atoms with Crippen molar-refractivity contribution in [2.24, 2.45) is 0 Å². The van der Waals surface area contributed by atoms with Crippen LogP contribution in [0.15, 0.2) is 0 Å². The fourth-order valence-electron chi connectivity index (χ4n) is 0.328. The maximum atomic E-state index is 2.09. The highest BCUT2D eigenvalue weighted by Crippen LogP contribution is 2.17. The van der Waals surface area contributed by atoms with E-state index in [1.54, 1.807) is 0 Å². The van der Waals surface area contributed by atoms with Gasteiger partial charge in [0, 0.05) is 0 Å². The smallest absolute Gasteiger partial charge is 0.175 e. The minimum absolute atomic E-state index is 1.14. The van der Waals surface area contributed by atoms with Gasteiger partial charge >= 0.3 is 0 Å². The quantitative estimate of drug-likeness (QED) is 0.459. The molecule has 1 fully saturated rings. The molecule has 0 spiro atoms. The first kappa shape index (κ1) is 5.06. The van der Waals surface area contributed by atoms with Crippen LogP contribution in [0.3, 0.4) is 0 Å². The van der Waals surface area contributed by atoms with E-state index in [0.29, 0.717) is 0 Å². The summed E-state index contributed by atoms with van der Waals surface area (Å²) in [5.41, 5.74) is 0. The Morgan fingerprint density at radius 2 is 1.83 bits per heavy atom. The molecule has 0 atom stereocenters. The first-order valence-corrected chi connectivity index (χ1v) is 6.41. The molecular weight excluding hydrogens is 128 g/mol. The van der Waals surface area contributed by atoms with Gasteiger partial charge in [0.05, 0.1) is 0 Å². The molecule has 3 heteroatoms. The predicted octanol–water partition coefficient (Wildman–Crippen LogP) is 1.39. The standard InChI is InChI=1S/C3H6S2Si/c1-2-4-6-5-3-1/h1-3H2. The molecule has 1 aliphatic rings. The molecule has 1 saturated heterocycles. The van der Waals surface area contributed by atoms with Gasteiger partial charge in [-0.2, -0.15) is 22.4 Å². The minimum atomic E-state index is 1.14. The van der Waals surface area contributed by atoms with Crippen molar-refractivity contribution in [3.8, 4) is 0 Å². The summed E-state index contributed by atoms with van der Waals surface area (Å²) in [5, 5.41) is 0. The molecule has 1 rings (SSSR count). The summed E-state index contributed by atoms with van der Waals surface area (Å²) in [6.45, 7) is 0. The molecule has 0 aromatic rings. The summed E-state index contributed by atoms with van der Waals surface area (Å²) in [7, 11) is 1.14. The predicted molar refractivity (Wildman–Crippen MR) is 35.3 cm³/mol. The fraction of sp³-hybridized carbons (Fsp3) is 1.00. The van der Waals surface area contributed by atoms with E-state index in [4.69, 9.17) is 0 Å². The molecule has 0 bridgehead atoms. The molecule has 0 saturated carbocycles. The molecule has 0 unspecified atom stereocenters. The summed E-state index contributed by atoms with van der Waals surface area (Å²) in [6, 6.07) is 0. The summed E-state index contributed by atoms with van der Waals surface area (Å²) >= 11 is 4.17. The molecule has 1 heterocycles. The molecule has 6 heavy (non-hydrogen) atoms. The van der Waals surface area contributed by atoms with Crippen molar-refractivity contribution in [1.82, 2.24) is 0 Å². The summed E-state index contributed by atoms with van der Waals surface area (Å²) < 4.78 is 0. The van der Waals surface area contributed by atoms with Crippen molar-refractivity contribution in [2.75, 3.05) is 11.5 Å². The molecule has 1 aliphatic heterocycles. The lowest BCUT2D eigenvalue weighted by Gasteiger charge is -2.04. The van der Waals surface area contributed by atoms with Gasteiger partial charge in [-0.25, -0.2) is 0 Å².